The molecule has 0 heterocycles. The van der Waals surface area contributed by atoms with E-state index >= 15 is 0 Å². The maximum atomic E-state index is 13.0. The first-order valence-electron chi connectivity index (χ1n) is 4.01. The highest BCUT2D eigenvalue weighted by Crippen LogP contribution is 2.42. The Morgan fingerprint density at radius 3 is 2.06 bits per heavy atom. The summed E-state index contributed by atoms with van der Waals surface area (Å²) in [5, 5.41) is 8.44. The zero-order chi connectivity index (χ0) is 12.7. The number of hydrogen-bond acceptors (Lipinski definition) is 1. The Bertz CT molecular complexity index is 415. The molecule has 16 heavy (non-hydrogen) atoms. The van der Waals surface area contributed by atoms with Gasteiger partial charge in [0.1, 0.15) is 5.82 Å². The smallest absolute Gasteiger partial charge is 0.376 e. The van der Waals surface area contributed by atoms with E-state index in [-0.39, 0.29) is 0 Å². The van der Waals surface area contributed by atoms with Gasteiger partial charge in [-0.25, -0.2) is 4.39 Å². The molecule has 0 saturated heterocycles. The van der Waals surface area contributed by atoms with Gasteiger partial charge in [0, 0.05) is 10.6 Å². The average molecular weight is 277 g/mol. The molecule has 1 aromatic rings. The van der Waals surface area contributed by atoms with Crippen molar-refractivity contribution in [2.75, 3.05) is 0 Å². The van der Waals surface area contributed by atoms with Gasteiger partial charge in [-0.15, -0.1) is 0 Å². The standard InChI is InChI=1S/C9H6Cl2F4O/c1-8(16,9(13,14)15)4-2-7(12)6(11)3-5(4)10/h2-3,16H,1H3. The number of rotatable bonds is 1. The fourth-order valence-electron chi connectivity index (χ4n) is 1.05. The summed E-state index contributed by atoms with van der Waals surface area (Å²) in [6.45, 7) is 0.488. The fraction of sp³-hybridized carbons (Fsp3) is 0.333. The third-order valence-electron chi connectivity index (χ3n) is 2.09. The molecule has 0 bridgehead atoms. The van der Waals surface area contributed by atoms with Crippen LogP contribution >= 0.6 is 23.2 Å². The van der Waals surface area contributed by atoms with Crippen LogP contribution in [0.2, 0.25) is 10.0 Å². The van der Waals surface area contributed by atoms with Crippen molar-refractivity contribution < 1.29 is 22.7 Å². The number of aliphatic hydroxyl groups is 1. The van der Waals surface area contributed by atoms with E-state index in [0.717, 1.165) is 6.07 Å². The van der Waals surface area contributed by atoms with E-state index in [9.17, 15) is 22.7 Å². The lowest BCUT2D eigenvalue weighted by atomic mass is 9.95. The second-order valence-electron chi connectivity index (χ2n) is 3.32. The van der Waals surface area contributed by atoms with E-state index in [1.807, 2.05) is 0 Å². The van der Waals surface area contributed by atoms with Crippen molar-refractivity contribution in [2.24, 2.45) is 0 Å². The minimum Gasteiger partial charge on any atom is -0.376 e. The predicted octanol–water partition coefficient (Wildman–Crippen LogP) is 3.90. The van der Waals surface area contributed by atoms with Crippen LogP contribution in [0.3, 0.4) is 0 Å². The summed E-state index contributed by atoms with van der Waals surface area (Å²) in [7, 11) is 0. The summed E-state index contributed by atoms with van der Waals surface area (Å²) in [5.41, 5.74) is -4.00. The normalized spacial score (nSPS) is 16.0. The first-order valence-corrected chi connectivity index (χ1v) is 4.77. The second-order valence-corrected chi connectivity index (χ2v) is 4.13. The second kappa shape index (κ2) is 4.05. The summed E-state index contributed by atoms with van der Waals surface area (Å²) in [4.78, 5) is 0. The van der Waals surface area contributed by atoms with E-state index in [1.54, 1.807) is 0 Å². The molecule has 0 amide bonds. The number of hydrogen-bond donors (Lipinski definition) is 1. The molecule has 1 unspecified atom stereocenters. The van der Waals surface area contributed by atoms with Crippen LogP contribution in [-0.4, -0.2) is 11.3 Å². The Morgan fingerprint density at radius 2 is 1.62 bits per heavy atom. The van der Waals surface area contributed by atoms with E-state index in [1.165, 1.54) is 0 Å². The summed E-state index contributed by atoms with van der Waals surface area (Å²) >= 11 is 10.8. The molecule has 0 aromatic heterocycles. The molecular formula is C9H6Cl2F4O. The minimum atomic E-state index is -4.96. The lowest BCUT2D eigenvalue weighted by Gasteiger charge is -2.27. The van der Waals surface area contributed by atoms with Crippen LogP contribution in [0.1, 0.15) is 12.5 Å². The maximum absolute atomic E-state index is 13.0. The molecule has 0 radical (unpaired) electrons. The Hall–Kier alpha value is -0.520. The van der Waals surface area contributed by atoms with Gasteiger partial charge in [-0.2, -0.15) is 13.2 Å². The van der Waals surface area contributed by atoms with E-state index in [0.29, 0.717) is 13.0 Å². The molecule has 0 aliphatic rings. The Labute approximate surface area is 98.6 Å². The van der Waals surface area contributed by atoms with Gasteiger partial charge in [0.05, 0.1) is 5.02 Å². The van der Waals surface area contributed by atoms with Crippen LogP contribution < -0.4 is 0 Å². The van der Waals surface area contributed by atoms with Gasteiger partial charge < -0.3 is 5.11 Å². The highest BCUT2D eigenvalue weighted by atomic mass is 35.5. The van der Waals surface area contributed by atoms with Crippen LogP contribution in [0.4, 0.5) is 17.6 Å². The zero-order valence-electron chi connectivity index (χ0n) is 7.87. The van der Waals surface area contributed by atoms with Crippen LogP contribution in [0, 0.1) is 5.82 Å². The molecule has 0 saturated carbocycles. The first-order chi connectivity index (χ1) is 7.07. The molecule has 0 fully saturated rings. The van der Waals surface area contributed by atoms with Crippen molar-refractivity contribution in [1.29, 1.82) is 0 Å². The molecule has 0 aliphatic carbocycles. The monoisotopic (exact) mass is 276 g/mol. The van der Waals surface area contributed by atoms with Gasteiger partial charge in [-0.05, 0) is 19.1 Å². The van der Waals surface area contributed by atoms with Crippen LogP contribution in [0.15, 0.2) is 12.1 Å². The van der Waals surface area contributed by atoms with Crippen molar-refractivity contribution in [1.82, 2.24) is 0 Å². The van der Waals surface area contributed by atoms with E-state index in [2.05, 4.69) is 0 Å². The van der Waals surface area contributed by atoms with Crippen LogP contribution in [0.5, 0.6) is 0 Å². The number of halogens is 6. The van der Waals surface area contributed by atoms with Gasteiger partial charge in [-0.1, -0.05) is 23.2 Å². The molecule has 1 aromatic carbocycles. The third kappa shape index (κ3) is 2.26. The maximum Gasteiger partial charge on any atom is 0.421 e. The lowest BCUT2D eigenvalue weighted by Crippen LogP contribution is -2.39. The molecule has 90 valence electrons. The topological polar surface area (TPSA) is 20.2 Å². The third-order valence-corrected chi connectivity index (χ3v) is 2.69. The van der Waals surface area contributed by atoms with Crippen LogP contribution in [0.25, 0.3) is 0 Å². The van der Waals surface area contributed by atoms with Crippen molar-refractivity contribution in [3.8, 4) is 0 Å². The molecule has 0 spiro atoms. The lowest BCUT2D eigenvalue weighted by molar-refractivity contribution is -0.258. The summed E-state index contributed by atoms with van der Waals surface area (Å²) in [6.07, 6.45) is -4.96. The van der Waals surface area contributed by atoms with Gasteiger partial charge in [0.2, 0.25) is 0 Å². The summed E-state index contributed by atoms with van der Waals surface area (Å²) in [5.74, 6) is -1.08. The number of benzene rings is 1. The predicted molar refractivity (Wildman–Crippen MR) is 52.0 cm³/mol. The quantitative estimate of drug-likeness (QED) is 0.609. The van der Waals surface area contributed by atoms with E-state index in [4.69, 9.17) is 23.2 Å². The molecule has 1 nitrogen and oxygen atoms in total. The van der Waals surface area contributed by atoms with Gasteiger partial charge >= 0.3 is 6.18 Å². The average Bonchev–Trinajstić information content (AvgIpc) is 2.09. The van der Waals surface area contributed by atoms with Crippen molar-refractivity contribution in [3.05, 3.63) is 33.6 Å². The van der Waals surface area contributed by atoms with Gasteiger partial charge in [-0.3, -0.25) is 0 Å². The Kier molecular flexibility index (Phi) is 3.43. The highest BCUT2D eigenvalue weighted by molar-refractivity contribution is 6.35. The number of alkyl halides is 3. The Balaban J connectivity index is 3.39. The molecule has 7 heteroatoms. The van der Waals surface area contributed by atoms with Crippen molar-refractivity contribution in [3.63, 3.8) is 0 Å². The minimum absolute atomic E-state index is 0.410. The largest absolute Gasteiger partial charge is 0.421 e. The Morgan fingerprint density at radius 1 is 1.12 bits per heavy atom. The van der Waals surface area contributed by atoms with E-state index < -0.39 is 33.2 Å². The van der Waals surface area contributed by atoms with Gasteiger partial charge in [0.25, 0.3) is 0 Å². The summed E-state index contributed by atoms with van der Waals surface area (Å²) < 4.78 is 50.4. The molecular weight excluding hydrogens is 271 g/mol. The molecule has 0 aliphatic heterocycles. The fourth-order valence-corrected chi connectivity index (χ4v) is 1.62. The van der Waals surface area contributed by atoms with Crippen molar-refractivity contribution >= 4 is 23.2 Å². The molecule has 1 N–H and O–H groups in total. The molecule has 1 atom stereocenters. The SMILES string of the molecule is CC(O)(c1cc(F)c(Cl)cc1Cl)C(F)(F)F. The zero-order valence-corrected chi connectivity index (χ0v) is 9.38. The van der Waals surface area contributed by atoms with Crippen molar-refractivity contribution in [2.45, 2.75) is 18.7 Å². The summed E-state index contributed by atoms with van der Waals surface area (Å²) in [6, 6.07) is 1.28. The van der Waals surface area contributed by atoms with Gasteiger partial charge in [0.15, 0.2) is 5.60 Å². The van der Waals surface area contributed by atoms with Crippen LogP contribution in [-0.2, 0) is 5.60 Å². The first kappa shape index (κ1) is 13.5. The highest BCUT2D eigenvalue weighted by Gasteiger charge is 2.52. The molecule has 1 rings (SSSR count).